The van der Waals surface area contributed by atoms with Crippen LogP contribution in [0.1, 0.15) is 54.4 Å². The highest BCUT2D eigenvalue weighted by molar-refractivity contribution is 5.79. The summed E-state index contributed by atoms with van der Waals surface area (Å²) in [5.74, 6) is -0.0781. The van der Waals surface area contributed by atoms with Crippen LogP contribution < -0.4 is 10.2 Å². The highest BCUT2D eigenvalue weighted by Crippen LogP contribution is 2.41. The van der Waals surface area contributed by atoms with Gasteiger partial charge in [0.05, 0.1) is 0 Å². The van der Waals surface area contributed by atoms with Crippen molar-refractivity contribution in [2.24, 2.45) is 5.92 Å². The number of piperidine rings is 1. The minimum Gasteiger partial charge on any atom is -0.371 e. The molecular weight excluding hydrogens is 379 g/mol. The molecule has 158 valence electrons. The van der Waals surface area contributed by atoms with Crippen molar-refractivity contribution in [1.82, 2.24) is 5.32 Å². The van der Waals surface area contributed by atoms with Crippen molar-refractivity contribution in [1.29, 1.82) is 0 Å². The van der Waals surface area contributed by atoms with Crippen LogP contribution >= 0.6 is 0 Å². The fourth-order valence-electron chi connectivity index (χ4n) is 5.05. The smallest absolute Gasteiger partial charge is 0.223 e. The second-order valence-corrected chi connectivity index (χ2v) is 8.66. The zero-order chi connectivity index (χ0) is 21.0. The number of hydrogen-bond donors (Lipinski definition) is 1. The molecule has 2 aromatic carbocycles. The van der Waals surface area contributed by atoms with Gasteiger partial charge in [0.15, 0.2) is 0 Å². The van der Waals surface area contributed by atoms with Crippen LogP contribution in [-0.2, 0) is 10.2 Å². The third kappa shape index (κ3) is 4.25. The largest absolute Gasteiger partial charge is 0.371 e. The third-order valence-corrected chi connectivity index (χ3v) is 6.87. The summed E-state index contributed by atoms with van der Waals surface area (Å²) < 4.78 is 14.5. The molecule has 4 rings (SSSR count). The highest BCUT2D eigenvalue weighted by Gasteiger charge is 2.38. The van der Waals surface area contributed by atoms with Gasteiger partial charge < -0.3 is 10.2 Å². The molecule has 30 heavy (non-hydrogen) atoms. The molecule has 1 aliphatic carbocycles. The van der Waals surface area contributed by atoms with Crippen LogP contribution in [0.5, 0.6) is 0 Å². The topological polar surface area (TPSA) is 49.4 Å². The van der Waals surface area contributed by atoms with Gasteiger partial charge in [-0.2, -0.15) is 0 Å². The SMILES string of the molecule is O=Cc1ccc(N2CCC(C(=O)NCC3(c4ccccc4F)CCCC3)CC2)cc1. The fraction of sp³-hybridized carbons (Fsp3) is 0.440. The summed E-state index contributed by atoms with van der Waals surface area (Å²) in [4.78, 5) is 26.0. The average Bonchev–Trinajstić information content (AvgIpc) is 3.28. The molecule has 0 atom stereocenters. The van der Waals surface area contributed by atoms with E-state index in [0.717, 1.165) is 69.2 Å². The fourth-order valence-corrected chi connectivity index (χ4v) is 5.05. The van der Waals surface area contributed by atoms with Gasteiger partial charge in [-0.3, -0.25) is 9.59 Å². The van der Waals surface area contributed by atoms with Gasteiger partial charge in [-0.25, -0.2) is 4.39 Å². The number of benzene rings is 2. The van der Waals surface area contributed by atoms with E-state index in [9.17, 15) is 14.0 Å². The summed E-state index contributed by atoms with van der Waals surface area (Å²) >= 11 is 0. The summed E-state index contributed by atoms with van der Waals surface area (Å²) in [7, 11) is 0. The van der Waals surface area contributed by atoms with E-state index in [4.69, 9.17) is 0 Å². The van der Waals surface area contributed by atoms with E-state index in [-0.39, 0.29) is 23.1 Å². The first-order chi connectivity index (χ1) is 14.6. The molecule has 2 fully saturated rings. The first-order valence-corrected chi connectivity index (χ1v) is 10.9. The standard InChI is InChI=1S/C25H29FN2O2/c26-23-6-2-1-5-22(23)25(13-3-4-14-25)18-27-24(30)20-11-15-28(16-12-20)21-9-7-19(17-29)8-10-21/h1-2,5-10,17,20H,3-4,11-16,18H2,(H,27,30). The van der Waals surface area contributed by atoms with E-state index in [1.807, 2.05) is 36.4 Å². The van der Waals surface area contributed by atoms with Gasteiger partial charge in [-0.15, -0.1) is 0 Å². The monoisotopic (exact) mass is 408 g/mol. The maximum atomic E-state index is 14.5. The van der Waals surface area contributed by atoms with Gasteiger partial charge in [-0.1, -0.05) is 31.0 Å². The number of nitrogens with zero attached hydrogens (tertiary/aromatic N) is 1. The zero-order valence-corrected chi connectivity index (χ0v) is 17.3. The Labute approximate surface area is 177 Å². The molecule has 1 amide bonds. The average molecular weight is 409 g/mol. The molecule has 5 heteroatoms. The number of hydrogen-bond acceptors (Lipinski definition) is 3. The molecule has 0 spiro atoms. The Kier molecular flexibility index (Phi) is 6.16. The first kappa shape index (κ1) is 20.6. The second kappa shape index (κ2) is 8.99. The van der Waals surface area contributed by atoms with Crippen LogP contribution in [0.4, 0.5) is 10.1 Å². The van der Waals surface area contributed by atoms with E-state index in [2.05, 4.69) is 10.2 Å². The lowest BCUT2D eigenvalue weighted by Gasteiger charge is -2.34. The summed E-state index contributed by atoms with van der Waals surface area (Å²) in [5.41, 5.74) is 2.23. The minimum atomic E-state index is -0.276. The molecule has 1 N–H and O–H groups in total. The highest BCUT2D eigenvalue weighted by atomic mass is 19.1. The molecule has 4 nitrogen and oxygen atoms in total. The van der Waals surface area contributed by atoms with E-state index < -0.39 is 0 Å². The van der Waals surface area contributed by atoms with Gasteiger partial charge in [0.1, 0.15) is 12.1 Å². The van der Waals surface area contributed by atoms with Gasteiger partial charge in [0.25, 0.3) is 0 Å². The minimum absolute atomic E-state index is 0.00503. The third-order valence-electron chi connectivity index (χ3n) is 6.87. The van der Waals surface area contributed by atoms with Gasteiger partial charge in [0.2, 0.25) is 5.91 Å². The molecule has 1 heterocycles. The van der Waals surface area contributed by atoms with Crippen molar-refractivity contribution >= 4 is 17.9 Å². The molecule has 1 saturated carbocycles. The van der Waals surface area contributed by atoms with Crippen LogP contribution in [-0.4, -0.2) is 31.8 Å². The van der Waals surface area contributed by atoms with Crippen molar-refractivity contribution < 1.29 is 14.0 Å². The van der Waals surface area contributed by atoms with Crippen molar-refractivity contribution in [3.8, 4) is 0 Å². The molecular formula is C25H29FN2O2. The quantitative estimate of drug-likeness (QED) is 0.717. The molecule has 1 aliphatic heterocycles. The molecule has 0 unspecified atom stereocenters. The van der Waals surface area contributed by atoms with Crippen LogP contribution in [0.25, 0.3) is 0 Å². The lowest BCUT2D eigenvalue weighted by Crippen LogP contribution is -2.45. The number of halogens is 1. The van der Waals surface area contributed by atoms with Gasteiger partial charge in [0, 0.05) is 42.2 Å². The Morgan fingerprint density at radius 3 is 2.37 bits per heavy atom. The lowest BCUT2D eigenvalue weighted by atomic mass is 9.78. The van der Waals surface area contributed by atoms with E-state index in [0.29, 0.717) is 12.1 Å². The number of carbonyl (C=O) groups is 2. The maximum absolute atomic E-state index is 14.5. The predicted octanol–water partition coefficient (Wildman–Crippen LogP) is 4.48. The van der Waals surface area contributed by atoms with Crippen LogP contribution in [0, 0.1) is 11.7 Å². The van der Waals surface area contributed by atoms with E-state index in [1.54, 1.807) is 6.07 Å². The Morgan fingerprint density at radius 2 is 1.73 bits per heavy atom. The summed E-state index contributed by atoms with van der Waals surface area (Å²) in [5, 5.41) is 3.17. The van der Waals surface area contributed by atoms with Crippen molar-refractivity contribution in [3.63, 3.8) is 0 Å². The normalized spacial score (nSPS) is 18.9. The molecule has 2 aromatic rings. The molecule has 2 aliphatic rings. The summed E-state index contributed by atoms with van der Waals surface area (Å²) in [6.07, 6.45) is 6.44. The molecule has 0 aromatic heterocycles. The summed E-state index contributed by atoms with van der Waals surface area (Å²) in [6.45, 7) is 2.15. The van der Waals surface area contributed by atoms with Crippen molar-refractivity contribution in [2.45, 2.75) is 43.9 Å². The number of carbonyl (C=O) groups excluding carboxylic acids is 2. The van der Waals surface area contributed by atoms with Crippen LogP contribution in [0.3, 0.4) is 0 Å². The number of anilines is 1. The second-order valence-electron chi connectivity index (χ2n) is 8.66. The number of nitrogens with one attached hydrogen (secondary N) is 1. The van der Waals surface area contributed by atoms with Crippen LogP contribution in [0.15, 0.2) is 48.5 Å². The Hall–Kier alpha value is -2.69. The number of rotatable bonds is 6. The van der Waals surface area contributed by atoms with Gasteiger partial charge in [-0.05, 0) is 61.6 Å². The van der Waals surface area contributed by atoms with E-state index >= 15 is 0 Å². The van der Waals surface area contributed by atoms with E-state index in [1.165, 1.54) is 6.07 Å². The Balaban J connectivity index is 1.34. The number of amides is 1. The maximum Gasteiger partial charge on any atom is 0.223 e. The number of aldehydes is 1. The molecule has 0 radical (unpaired) electrons. The van der Waals surface area contributed by atoms with Crippen LogP contribution in [0.2, 0.25) is 0 Å². The lowest BCUT2D eigenvalue weighted by molar-refractivity contribution is -0.125. The molecule has 1 saturated heterocycles. The van der Waals surface area contributed by atoms with Gasteiger partial charge >= 0.3 is 0 Å². The summed E-state index contributed by atoms with van der Waals surface area (Å²) in [6, 6.07) is 14.6. The van der Waals surface area contributed by atoms with Crippen molar-refractivity contribution in [2.75, 3.05) is 24.5 Å². The zero-order valence-electron chi connectivity index (χ0n) is 17.3. The first-order valence-electron chi connectivity index (χ1n) is 10.9. The predicted molar refractivity (Wildman–Crippen MR) is 116 cm³/mol. The Morgan fingerprint density at radius 1 is 1.07 bits per heavy atom. The van der Waals surface area contributed by atoms with Crippen molar-refractivity contribution in [3.05, 3.63) is 65.5 Å². The molecule has 0 bridgehead atoms. The Bertz CT molecular complexity index is 882.